The molecule has 1 aliphatic rings. The van der Waals surface area contributed by atoms with Gasteiger partial charge in [0.2, 0.25) is 0 Å². The molecule has 0 aliphatic carbocycles. The second-order valence-electron chi connectivity index (χ2n) is 6.93. The maximum Gasteiger partial charge on any atom is 0.146 e. The minimum absolute atomic E-state index is 0.185. The largest absolute Gasteiger partial charge is 0.372 e. The monoisotopic (exact) mass is 366 g/mol. The number of likely N-dealkylation sites (tertiary alicyclic amines) is 1. The molecule has 0 amide bonds. The third kappa shape index (κ3) is 3.67. The van der Waals surface area contributed by atoms with Crippen LogP contribution in [0.4, 0.5) is 10.1 Å². The van der Waals surface area contributed by atoms with Gasteiger partial charge in [-0.25, -0.2) is 4.39 Å². The van der Waals surface area contributed by atoms with E-state index in [4.69, 9.17) is 0 Å². The van der Waals surface area contributed by atoms with Crippen molar-refractivity contribution in [2.24, 2.45) is 0 Å². The molecule has 1 aromatic heterocycles. The number of anilines is 1. The van der Waals surface area contributed by atoms with Gasteiger partial charge >= 0.3 is 0 Å². The van der Waals surface area contributed by atoms with Crippen LogP contribution in [0.5, 0.6) is 0 Å². The zero-order valence-corrected chi connectivity index (χ0v) is 15.5. The first kappa shape index (κ1) is 17.3. The van der Waals surface area contributed by atoms with Gasteiger partial charge in [0, 0.05) is 24.5 Å². The lowest BCUT2D eigenvalue weighted by Crippen LogP contribution is -2.46. The van der Waals surface area contributed by atoms with Crippen LogP contribution in [0.3, 0.4) is 0 Å². The first-order valence-corrected chi connectivity index (χ1v) is 9.96. The number of halogens is 1. The first-order valence-electron chi connectivity index (χ1n) is 9.08. The summed E-state index contributed by atoms with van der Waals surface area (Å²) in [4.78, 5) is 3.78. The van der Waals surface area contributed by atoms with E-state index in [1.54, 1.807) is 17.4 Å². The first-order chi connectivity index (χ1) is 12.8. The van der Waals surface area contributed by atoms with Crippen molar-refractivity contribution in [1.29, 1.82) is 0 Å². The van der Waals surface area contributed by atoms with Crippen LogP contribution >= 0.6 is 11.3 Å². The Balaban J connectivity index is 1.52. The van der Waals surface area contributed by atoms with E-state index in [1.807, 2.05) is 12.1 Å². The summed E-state index contributed by atoms with van der Waals surface area (Å²) >= 11 is 1.76. The standard InChI is InChI=1S/C22H23FN2S/c23-19-9-4-5-10-20(19)24-22(21-11-6-16-26-21)12-14-25(15-13-22)17-18-7-2-1-3-8-18/h1-11,16,24H,12-15,17H2. The van der Waals surface area contributed by atoms with Crippen molar-refractivity contribution in [2.45, 2.75) is 24.9 Å². The van der Waals surface area contributed by atoms with Gasteiger partial charge in [0.25, 0.3) is 0 Å². The predicted octanol–water partition coefficient (Wildman–Crippen LogP) is 5.49. The molecular formula is C22H23FN2S. The van der Waals surface area contributed by atoms with Crippen LogP contribution in [0.25, 0.3) is 0 Å². The van der Waals surface area contributed by atoms with Crippen LogP contribution in [0, 0.1) is 5.82 Å². The van der Waals surface area contributed by atoms with Gasteiger partial charge in [0.15, 0.2) is 0 Å². The molecule has 3 aromatic rings. The summed E-state index contributed by atoms with van der Waals surface area (Å²) in [7, 11) is 0. The number of rotatable bonds is 5. The average molecular weight is 367 g/mol. The number of hydrogen-bond acceptors (Lipinski definition) is 3. The summed E-state index contributed by atoms with van der Waals surface area (Å²) in [5.74, 6) is -0.185. The summed E-state index contributed by atoms with van der Waals surface area (Å²) < 4.78 is 14.3. The number of thiophene rings is 1. The Morgan fingerprint density at radius 1 is 0.923 bits per heavy atom. The van der Waals surface area contributed by atoms with Gasteiger partial charge in [0.1, 0.15) is 5.82 Å². The van der Waals surface area contributed by atoms with Gasteiger partial charge in [-0.05, 0) is 42.0 Å². The van der Waals surface area contributed by atoms with Crippen molar-refractivity contribution in [3.05, 3.63) is 88.4 Å². The molecule has 1 fully saturated rings. The Kier molecular flexibility index (Phi) is 5.05. The van der Waals surface area contributed by atoms with E-state index in [-0.39, 0.29) is 11.4 Å². The molecule has 4 heteroatoms. The average Bonchev–Trinajstić information content (AvgIpc) is 3.22. The van der Waals surface area contributed by atoms with E-state index in [0.717, 1.165) is 32.5 Å². The van der Waals surface area contributed by atoms with Crippen LogP contribution in [-0.4, -0.2) is 18.0 Å². The van der Waals surface area contributed by atoms with E-state index in [1.165, 1.54) is 16.5 Å². The summed E-state index contributed by atoms with van der Waals surface area (Å²) in [6, 6.07) is 21.8. The maximum atomic E-state index is 14.3. The number of piperidine rings is 1. The SMILES string of the molecule is Fc1ccccc1NC1(c2cccs2)CCN(Cc2ccccc2)CC1. The van der Waals surface area contributed by atoms with E-state index in [0.29, 0.717) is 5.69 Å². The lowest BCUT2D eigenvalue weighted by molar-refractivity contribution is 0.168. The highest BCUT2D eigenvalue weighted by molar-refractivity contribution is 7.10. The smallest absolute Gasteiger partial charge is 0.146 e. The molecule has 2 nitrogen and oxygen atoms in total. The molecule has 0 bridgehead atoms. The molecule has 1 aliphatic heterocycles. The van der Waals surface area contributed by atoms with Gasteiger partial charge in [-0.1, -0.05) is 48.5 Å². The van der Waals surface area contributed by atoms with Crippen LogP contribution < -0.4 is 5.32 Å². The molecule has 0 spiro atoms. The number of benzene rings is 2. The van der Waals surface area contributed by atoms with Crippen molar-refractivity contribution in [1.82, 2.24) is 4.90 Å². The number of hydrogen-bond donors (Lipinski definition) is 1. The lowest BCUT2D eigenvalue weighted by atomic mass is 9.85. The van der Waals surface area contributed by atoms with E-state index in [9.17, 15) is 4.39 Å². The number of nitrogens with one attached hydrogen (secondary N) is 1. The summed E-state index contributed by atoms with van der Waals surface area (Å²) in [5, 5.41) is 5.67. The Bertz CT molecular complexity index is 824. The molecule has 2 aromatic carbocycles. The van der Waals surface area contributed by atoms with Crippen molar-refractivity contribution in [3.8, 4) is 0 Å². The summed E-state index contributed by atoms with van der Waals surface area (Å²) in [6.45, 7) is 2.96. The fourth-order valence-electron chi connectivity index (χ4n) is 3.74. The fourth-order valence-corrected chi connectivity index (χ4v) is 4.68. The van der Waals surface area contributed by atoms with E-state index >= 15 is 0 Å². The highest BCUT2D eigenvalue weighted by Crippen LogP contribution is 2.39. The molecule has 2 heterocycles. The lowest BCUT2D eigenvalue weighted by Gasteiger charge is -2.42. The predicted molar refractivity (Wildman–Crippen MR) is 107 cm³/mol. The third-order valence-electron chi connectivity index (χ3n) is 5.20. The highest BCUT2D eigenvalue weighted by Gasteiger charge is 2.37. The fraction of sp³-hybridized carbons (Fsp3) is 0.273. The van der Waals surface area contributed by atoms with Gasteiger partial charge in [-0.3, -0.25) is 4.90 Å². The van der Waals surface area contributed by atoms with Crippen LogP contribution in [0.1, 0.15) is 23.3 Å². The second kappa shape index (κ2) is 7.60. The molecule has 1 saturated heterocycles. The van der Waals surface area contributed by atoms with Crippen molar-refractivity contribution in [2.75, 3.05) is 18.4 Å². The normalized spacial score (nSPS) is 17.1. The second-order valence-corrected chi connectivity index (χ2v) is 7.87. The highest BCUT2D eigenvalue weighted by atomic mass is 32.1. The van der Waals surface area contributed by atoms with Gasteiger partial charge in [0.05, 0.1) is 11.2 Å². The summed E-state index contributed by atoms with van der Waals surface area (Å²) in [6.07, 6.45) is 1.93. The zero-order valence-electron chi connectivity index (χ0n) is 14.7. The molecule has 4 rings (SSSR count). The van der Waals surface area contributed by atoms with Crippen molar-refractivity contribution < 1.29 is 4.39 Å². The molecule has 1 N–H and O–H groups in total. The molecule has 0 unspecified atom stereocenters. The zero-order chi connectivity index (χ0) is 17.8. The molecule has 0 saturated carbocycles. The minimum atomic E-state index is -0.191. The Morgan fingerprint density at radius 3 is 2.35 bits per heavy atom. The molecule has 0 radical (unpaired) electrons. The molecule has 134 valence electrons. The number of para-hydroxylation sites is 1. The number of nitrogens with zero attached hydrogens (tertiary/aromatic N) is 1. The van der Waals surface area contributed by atoms with Gasteiger partial charge in [-0.2, -0.15) is 0 Å². The van der Waals surface area contributed by atoms with Gasteiger partial charge < -0.3 is 5.32 Å². The molecule has 0 atom stereocenters. The van der Waals surface area contributed by atoms with Crippen molar-refractivity contribution >= 4 is 17.0 Å². The van der Waals surface area contributed by atoms with Crippen LogP contribution in [0.2, 0.25) is 0 Å². The van der Waals surface area contributed by atoms with Crippen LogP contribution in [0.15, 0.2) is 72.1 Å². The molecular weight excluding hydrogens is 343 g/mol. The molecule has 26 heavy (non-hydrogen) atoms. The third-order valence-corrected chi connectivity index (χ3v) is 6.27. The Hall–Kier alpha value is -2.17. The van der Waals surface area contributed by atoms with E-state index in [2.05, 4.69) is 58.1 Å². The van der Waals surface area contributed by atoms with E-state index < -0.39 is 0 Å². The Labute approximate surface area is 158 Å². The van der Waals surface area contributed by atoms with Gasteiger partial charge in [-0.15, -0.1) is 11.3 Å². The van der Waals surface area contributed by atoms with Crippen LogP contribution in [-0.2, 0) is 12.1 Å². The minimum Gasteiger partial charge on any atom is -0.372 e. The van der Waals surface area contributed by atoms with Crippen molar-refractivity contribution in [3.63, 3.8) is 0 Å². The summed E-state index contributed by atoms with van der Waals surface area (Å²) in [5.41, 5.74) is 1.75. The maximum absolute atomic E-state index is 14.3. The Morgan fingerprint density at radius 2 is 1.65 bits per heavy atom. The quantitative estimate of drug-likeness (QED) is 0.642. The topological polar surface area (TPSA) is 15.3 Å².